The molecular weight excluding hydrogens is 528 g/mol. The fourth-order valence-electron chi connectivity index (χ4n) is 5.23. The summed E-state index contributed by atoms with van der Waals surface area (Å²) in [5, 5.41) is 4.10. The molecule has 0 saturated carbocycles. The van der Waals surface area contributed by atoms with Crippen LogP contribution in [0.5, 0.6) is 0 Å². The molecule has 5 rings (SSSR count). The van der Waals surface area contributed by atoms with Gasteiger partial charge in [-0.05, 0) is 0 Å². The average Bonchev–Trinajstić information content (AvgIpc) is 3.12. The fourth-order valence-corrected chi connectivity index (χ4v) is 9.11. The molecule has 0 N–H and O–H groups in total. The third kappa shape index (κ3) is 3.98. The topological polar surface area (TPSA) is 16.8 Å². The third-order valence-electron chi connectivity index (χ3n) is 6.80. The Labute approximate surface area is 213 Å². The third-order valence-corrected chi connectivity index (χ3v) is 10.4. The molecule has 0 unspecified atom stereocenters. The van der Waals surface area contributed by atoms with Crippen LogP contribution in [0.15, 0.2) is 54.9 Å². The Morgan fingerprint density at radius 3 is 2.21 bits per heavy atom. The quantitative estimate of drug-likeness (QED) is 0.163. The van der Waals surface area contributed by atoms with Crippen LogP contribution in [0.25, 0.3) is 39.7 Å². The molecule has 0 bridgehead atoms. The van der Waals surface area contributed by atoms with Gasteiger partial charge in [0.15, 0.2) is 0 Å². The standard InChI is InChI=1S/C31H35N2Te/c1-19-21-13-9-10-14-22(21)25(31(5,6)7)16-24(19)27-29-26(32-18-33(27)8)23-15-11-12-20(28(23)34-29)17-30(2,3)4/h9-16,18H,17H2,1-8H3/q+1. The molecule has 0 radical (unpaired) electrons. The zero-order chi connectivity index (χ0) is 24.4. The predicted molar refractivity (Wildman–Crippen MR) is 147 cm³/mol. The number of hydrogen-bond acceptors (Lipinski definition) is 1. The van der Waals surface area contributed by atoms with Crippen molar-refractivity contribution in [3.63, 3.8) is 0 Å². The van der Waals surface area contributed by atoms with Gasteiger partial charge in [-0.15, -0.1) is 0 Å². The second kappa shape index (κ2) is 8.18. The summed E-state index contributed by atoms with van der Waals surface area (Å²) in [6.45, 7) is 16.3. The van der Waals surface area contributed by atoms with Crippen LogP contribution in [0.1, 0.15) is 58.2 Å². The minimum absolute atomic E-state index is 0.0658. The van der Waals surface area contributed by atoms with Crippen molar-refractivity contribution in [3.8, 4) is 11.3 Å². The van der Waals surface area contributed by atoms with E-state index in [0.717, 1.165) is 6.42 Å². The van der Waals surface area contributed by atoms with E-state index in [4.69, 9.17) is 4.98 Å². The van der Waals surface area contributed by atoms with Crippen molar-refractivity contribution in [2.45, 2.75) is 60.3 Å². The molecular formula is C31H35N2Te+. The number of benzene rings is 3. The van der Waals surface area contributed by atoms with E-state index in [-0.39, 0.29) is 10.8 Å². The normalized spacial score (nSPS) is 12.8. The van der Waals surface area contributed by atoms with Crippen molar-refractivity contribution in [2.75, 3.05) is 0 Å². The van der Waals surface area contributed by atoms with Crippen LogP contribution in [-0.4, -0.2) is 25.4 Å². The molecule has 3 heteroatoms. The maximum atomic E-state index is 4.98. The van der Waals surface area contributed by atoms with Crippen LogP contribution in [0, 0.1) is 12.3 Å². The van der Waals surface area contributed by atoms with E-state index in [1.807, 2.05) is 6.33 Å². The molecule has 0 spiro atoms. The van der Waals surface area contributed by atoms with Crippen molar-refractivity contribution in [1.29, 1.82) is 0 Å². The summed E-state index contributed by atoms with van der Waals surface area (Å²) in [5.74, 6) is 0. The van der Waals surface area contributed by atoms with E-state index >= 15 is 0 Å². The van der Waals surface area contributed by atoms with Crippen molar-refractivity contribution in [3.05, 3.63) is 71.5 Å². The molecule has 0 aliphatic rings. The Morgan fingerprint density at radius 1 is 0.853 bits per heavy atom. The van der Waals surface area contributed by atoms with Crippen LogP contribution in [-0.2, 0) is 18.9 Å². The molecule has 2 nitrogen and oxygen atoms in total. The Morgan fingerprint density at radius 2 is 1.53 bits per heavy atom. The Hall–Kier alpha value is -2.21. The van der Waals surface area contributed by atoms with Crippen molar-refractivity contribution < 1.29 is 4.57 Å². The van der Waals surface area contributed by atoms with Gasteiger partial charge >= 0.3 is 214 Å². The SMILES string of the molecule is Cc1c(-c2c3[te]c4c(CC(C)(C)C)cccc4c3nc[n+]2C)cc(C(C)(C)C)c2ccccc12. The molecule has 2 heterocycles. The van der Waals surface area contributed by atoms with Crippen LogP contribution in [0.2, 0.25) is 0 Å². The van der Waals surface area contributed by atoms with E-state index in [0.29, 0.717) is 0 Å². The van der Waals surface area contributed by atoms with Gasteiger partial charge in [-0.25, -0.2) is 0 Å². The van der Waals surface area contributed by atoms with Crippen LogP contribution in [0.3, 0.4) is 0 Å². The zero-order valence-electron chi connectivity index (χ0n) is 21.7. The molecule has 2 aromatic heterocycles. The molecule has 0 amide bonds. The molecule has 0 saturated heterocycles. The summed E-state index contributed by atoms with van der Waals surface area (Å²) in [6.07, 6.45) is 3.14. The predicted octanol–water partition coefficient (Wildman–Crippen LogP) is 7.28. The number of fused-ring (bicyclic) bond motifs is 4. The average molecular weight is 563 g/mol. The first kappa shape index (κ1) is 23.5. The van der Waals surface area contributed by atoms with Gasteiger partial charge in [-0.1, -0.05) is 0 Å². The van der Waals surface area contributed by atoms with Gasteiger partial charge in [-0.2, -0.15) is 0 Å². The van der Waals surface area contributed by atoms with Crippen LogP contribution in [0.4, 0.5) is 0 Å². The second-order valence-corrected chi connectivity index (χ2v) is 14.8. The van der Waals surface area contributed by atoms with E-state index < -0.39 is 20.4 Å². The Bertz CT molecular complexity index is 1560. The summed E-state index contributed by atoms with van der Waals surface area (Å²) in [4.78, 5) is 4.98. The number of rotatable bonds is 2. The van der Waals surface area contributed by atoms with E-state index in [1.54, 1.807) is 3.40 Å². The van der Waals surface area contributed by atoms with Crippen LogP contribution < -0.4 is 4.57 Å². The Balaban J connectivity index is 1.88. The van der Waals surface area contributed by atoms with E-state index in [9.17, 15) is 0 Å². The first-order valence-corrected chi connectivity index (χ1v) is 14.5. The molecule has 34 heavy (non-hydrogen) atoms. The van der Waals surface area contributed by atoms with Gasteiger partial charge in [0, 0.05) is 0 Å². The molecule has 0 fully saturated rings. The molecule has 0 aliphatic carbocycles. The first-order chi connectivity index (χ1) is 16.0. The first-order valence-electron chi connectivity index (χ1n) is 12.2. The number of aromatic nitrogens is 2. The van der Waals surface area contributed by atoms with Crippen LogP contribution >= 0.6 is 0 Å². The summed E-state index contributed by atoms with van der Waals surface area (Å²) in [7, 11) is 2.17. The van der Waals surface area contributed by atoms with Gasteiger partial charge < -0.3 is 0 Å². The molecule has 0 aliphatic heterocycles. The van der Waals surface area contributed by atoms with E-state index in [1.165, 1.54) is 53.0 Å². The number of hydrogen-bond donors (Lipinski definition) is 0. The summed E-state index contributed by atoms with van der Waals surface area (Å²) in [6, 6.07) is 18.3. The molecule has 5 aromatic rings. The summed E-state index contributed by atoms with van der Waals surface area (Å²) < 4.78 is 5.35. The van der Waals surface area contributed by atoms with Crippen molar-refractivity contribution >= 4 is 48.9 Å². The summed E-state index contributed by atoms with van der Waals surface area (Å²) >= 11 is -0.547. The van der Waals surface area contributed by atoms with E-state index in [2.05, 4.69) is 109 Å². The molecule has 3 aromatic carbocycles. The Kier molecular flexibility index (Phi) is 5.66. The minimum atomic E-state index is -0.547. The van der Waals surface area contributed by atoms with Gasteiger partial charge in [0.1, 0.15) is 0 Å². The van der Waals surface area contributed by atoms with Gasteiger partial charge in [0.05, 0.1) is 0 Å². The fraction of sp³-hybridized carbons (Fsp3) is 0.355. The number of aryl methyl sites for hydroxylation is 2. The van der Waals surface area contributed by atoms with Crippen molar-refractivity contribution in [2.24, 2.45) is 12.5 Å². The molecule has 174 valence electrons. The second-order valence-electron chi connectivity index (χ2n) is 11.9. The van der Waals surface area contributed by atoms with Gasteiger partial charge in [0.2, 0.25) is 0 Å². The monoisotopic (exact) mass is 565 g/mol. The summed E-state index contributed by atoms with van der Waals surface area (Å²) in [5.41, 5.74) is 8.57. The molecule has 0 atom stereocenters. The van der Waals surface area contributed by atoms with Crippen molar-refractivity contribution in [1.82, 2.24) is 4.98 Å². The zero-order valence-corrected chi connectivity index (χ0v) is 24.0. The van der Waals surface area contributed by atoms with Gasteiger partial charge in [0.25, 0.3) is 0 Å². The maximum absolute atomic E-state index is 4.98. The number of nitrogens with zero attached hydrogens (tertiary/aromatic N) is 2. The van der Waals surface area contributed by atoms with Gasteiger partial charge in [-0.3, -0.25) is 0 Å².